The molecule has 5 rings (SSSR count). The average molecular weight is 458 g/mol. The Morgan fingerprint density at radius 2 is 2.03 bits per heavy atom. The molecular formula is C25H27N7O2. The van der Waals surface area contributed by atoms with Crippen molar-refractivity contribution in [3.63, 3.8) is 0 Å². The van der Waals surface area contributed by atoms with E-state index in [2.05, 4.69) is 26.0 Å². The van der Waals surface area contributed by atoms with Gasteiger partial charge < -0.3 is 14.3 Å². The fourth-order valence-corrected chi connectivity index (χ4v) is 4.74. The number of nitrogens with zero attached hydrogens (tertiary/aromatic N) is 7. The molecule has 2 aliphatic rings. The van der Waals surface area contributed by atoms with Crippen LogP contribution in [0.3, 0.4) is 0 Å². The molecule has 1 aromatic carbocycles. The summed E-state index contributed by atoms with van der Waals surface area (Å²) in [7, 11) is 0. The normalized spacial score (nSPS) is 18.8. The van der Waals surface area contributed by atoms with E-state index >= 15 is 0 Å². The monoisotopic (exact) mass is 457 g/mol. The van der Waals surface area contributed by atoms with E-state index in [-0.39, 0.29) is 11.9 Å². The van der Waals surface area contributed by atoms with E-state index in [0.717, 1.165) is 56.0 Å². The quantitative estimate of drug-likeness (QED) is 0.576. The Hall–Kier alpha value is -3.77. The first-order chi connectivity index (χ1) is 16.6. The van der Waals surface area contributed by atoms with Gasteiger partial charge >= 0.3 is 0 Å². The van der Waals surface area contributed by atoms with Gasteiger partial charge in [-0.15, -0.1) is 0 Å². The molecule has 0 unspecified atom stereocenters. The Morgan fingerprint density at radius 1 is 1.18 bits per heavy atom. The maximum absolute atomic E-state index is 11.6. The number of aromatic nitrogens is 3. The molecule has 9 heteroatoms. The van der Waals surface area contributed by atoms with Crippen LogP contribution in [-0.4, -0.2) is 63.6 Å². The maximum Gasteiger partial charge on any atom is 0.244 e. The average Bonchev–Trinajstić information content (AvgIpc) is 3.54. The first-order valence-corrected chi connectivity index (χ1v) is 11.6. The number of anilines is 1. The number of likely N-dealkylation sites (tertiary alicyclic amines) is 1. The molecule has 2 aromatic heterocycles. The van der Waals surface area contributed by atoms with Crippen molar-refractivity contribution < 1.29 is 9.32 Å². The molecule has 0 radical (unpaired) electrons. The van der Waals surface area contributed by atoms with Crippen molar-refractivity contribution in [2.45, 2.75) is 32.4 Å². The molecule has 0 N–H and O–H groups in total. The van der Waals surface area contributed by atoms with Gasteiger partial charge in [-0.3, -0.25) is 9.69 Å². The third-order valence-electron chi connectivity index (χ3n) is 6.58. The largest absolute Gasteiger partial charge is 0.353 e. The van der Waals surface area contributed by atoms with Crippen LogP contribution in [0.5, 0.6) is 0 Å². The predicted octanol–water partition coefficient (Wildman–Crippen LogP) is 3.01. The zero-order valence-electron chi connectivity index (χ0n) is 19.2. The lowest BCUT2D eigenvalue weighted by Gasteiger charge is -2.34. The smallest absolute Gasteiger partial charge is 0.244 e. The van der Waals surface area contributed by atoms with Gasteiger partial charge in [0.05, 0.1) is 17.7 Å². The fraction of sp³-hybridized carbons (Fsp3) is 0.400. The molecule has 2 aliphatic heterocycles. The first-order valence-electron chi connectivity index (χ1n) is 11.6. The number of rotatable bonds is 5. The second-order valence-corrected chi connectivity index (χ2v) is 8.79. The summed E-state index contributed by atoms with van der Waals surface area (Å²) >= 11 is 0. The van der Waals surface area contributed by atoms with Gasteiger partial charge in [-0.05, 0) is 49.2 Å². The molecule has 9 nitrogen and oxygen atoms in total. The number of hydrogen-bond donors (Lipinski definition) is 0. The highest BCUT2D eigenvalue weighted by Crippen LogP contribution is 2.33. The SMILES string of the molecule is CC(=O)N1CCN(c2cc(-c3noc([C@@H]4CCCN4Cc4cccc(C#N)c4)n3)ccn2)CC1. The number of hydrogen-bond acceptors (Lipinski definition) is 8. The van der Waals surface area contributed by atoms with Gasteiger partial charge in [-0.2, -0.15) is 10.2 Å². The zero-order chi connectivity index (χ0) is 23.5. The van der Waals surface area contributed by atoms with Crippen LogP contribution in [-0.2, 0) is 11.3 Å². The number of carbonyl (C=O) groups is 1. The topological polar surface area (TPSA) is 102 Å². The fourth-order valence-electron chi connectivity index (χ4n) is 4.74. The Morgan fingerprint density at radius 3 is 2.82 bits per heavy atom. The molecule has 2 fully saturated rings. The summed E-state index contributed by atoms with van der Waals surface area (Å²) in [6, 6.07) is 13.9. The van der Waals surface area contributed by atoms with Gasteiger partial charge in [0.1, 0.15) is 5.82 Å². The summed E-state index contributed by atoms with van der Waals surface area (Å²) in [5.41, 5.74) is 2.64. The third-order valence-corrected chi connectivity index (χ3v) is 6.58. The van der Waals surface area contributed by atoms with Gasteiger partial charge in [0.2, 0.25) is 17.6 Å². The minimum Gasteiger partial charge on any atom is -0.353 e. The molecule has 1 amide bonds. The lowest BCUT2D eigenvalue weighted by Crippen LogP contribution is -2.48. The van der Waals surface area contributed by atoms with E-state index in [1.165, 1.54) is 0 Å². The minimum atomic E-state index is 0.0629. The summed E-state index contributed by atoms with van der Waals surface area (Å²) < 4.78 is 5.71. The summed E-state index contributed by atoms with van der Waals surface area (Å²) in [6.07, 6.45) is 3.79. The third kappa shape index (κ3) is 4.63. The number of pyridine rings is 1. The van der Waals surface area contributed by atoms with E-state index in [4.69, 9.17) is 9.51 Å². The summed E-state index contributed by atoms with van der Waals surface area (Å²) in [6.45, 7) is 6.19. The van der Waals surface area contributed by atoms with Crippen LogP contribution in [0.2, 0.25) is 0 Å². The van der Waals surface area contributed by atoms with E-state index in [1.807, 2.05) is 41.3 Å². The van der Waals surface area contributed by atoms with Crippen LogP contribution in [0.15, 0.2) is 47.1 Å². The van der Waals surface area contributed by atoms with Crippen molar-refractivity contribution in [1.29, 1.82) is 5.26 Å². The Kier molecular flexibility index (Phi) is 6.23. The lowest BCUT2D eigenvalue weighted by molar-refractivity contribution is -0.129. The maximum atomic E-state index is 11.6. The van der Waals surface area contributed by atoms with Crippen molar-refractivity contribution in [2.75, 3.05) is 37.6 Å². The summed E-state index contributed by atoms with van der Waals surface area (Å²) in [5, 5.41) is 13.4. The second kappa shape index (κ2) is 9.61. The van der Waals surface area contributed by atoms with E-state index in [0.29, 0.717) is 30.4 Å². The highest BCUT2D eigenvalue weighted by atomic mass is 16.5. The number of carbonyl (C=O) groups excluding carboxylic acids is 1. The van der Waals surface area contributed by atoms with Crippen molar-refractivity contribution in [2.24, 2.45) is 0 Å². The molecule has 0 aliphatic carbocycles. The molecule has 3 aromatic rings. The molecule has 2 saturated heterocycles. The van der Waals surface area contributed by atoms with Gasteiger partial charge in [-0.25, -0.2) is 4.98 Å². The van der Waals surface area contributed by atoms with Crippen LogP contribution in [0.1, 0.15) is 42.8 Å². The van der Waals surface area contributed by atoms with Crippen molar-refractivity contribution in [3.8, 4) is 17.5 Å². The number of amides is 1. The van der Waals surface area contributed by atoms with Crippen LogP contribution in [0.4, 0.5) is 5.82 Å². The lowest BCUT2D eigenvalue weighted by atomic mass is 10.1. The van der Waals surface area contributed by atoms with Crippen molar-refractivity contribution in [3.05, 3.63) is 59.6 Å². The predicted molar refractivity (Wildman–Crippen MR) is 126 cm³/mol. The molecule has 0 saturated carbocycles. The molecule has 34 heavy (non-hydrogen) atoms. The number of piperazine rings is 1. The van der Waals surface area contributed by atoms with Crippen molar-refractivity contribution in [1.82, 2.24) is 24.9 Å². The van der Waals surface area contributed by atoms with Crippen LogP contribution < -0.4 is 4.90 Å². The Balaban J connectivity index is 1.29. The molecule has 174 valence electrons. The van der Waals surface area contributed by atoms with Crippen LogP contribution in [0, 0.1) is 11.3 Å². The van der Waals surface area contributed by atoms with Gasteiger partial charge in [0.15, 0.2) is 0 Å². The minimum absolute atomic E-state index is 0.0629. The number of nitriles is 1. The van der Waals surface area contributed by atoms with E-state index in [1.54, 1.807) is 13.1 Å². The molecule has 4 heterocycles. The van der Waals surface area contributed by atoms with E-state index < -0.39 is 0 Å². The number of benzene rings is 1. The first kappa shape index (κ1) is 22.0. The summed E-state index contributed by atoms with van der Waals surface area (Å²) in [5.74, 6) is 2.14. The zero-order valence-corrected chi connectivity index (χ0v) is 19.2. The van der Waals surface area contributed by atoms with Crippen LogP contribution >= 0.6 is 0 Å². The molecular weight excluding hydrogens is 430 g/mol. The molecule has 1 atom stereocenters. The van der Waals surface area contributed by atoms with Gasteiger partial charge in [0.25, 0.3) is 0 Å². The Bertz CT molecular complexity index is 1210. The standard InChI is InChI=1S/C25H27N7O2/c1-18(33)30-10-12-31(13-11-30)23-15-21(7-8-27-23)24-28-25(34-29-24)22-6-3-9-32(22)17-20-5-2-4-19(14-20)16-26/h2,4-5,7-8,14-15,22H,3,6,9-13,17H2,1H3/t22-/m0/s1. The van der Waals surface area contributed by atoms with Gasteiger partial charge in [-0.1, -0.05) is 17.3 Å². The highest BCUT2D eigenvalue weighted by Gasteiger charge is 2.31. The summed E-state index contributed by atoms with van der Waals surface area (Å²) in [4.78, 5) is 27.2. The second-order valence-electron chi connectivity index (χ2n) is 8.79. The van der Waals surface area contributed by atoms with Gasteiger partial charge in [0, 0.05) is 51.4 Å². The Labute approximate surface area is 198 Å². The molecule has 0 bridgehead atoms. The molecule has 0 spiro atoms. The van der Waals surface area contributed by atoms with E-state index in [9.17, 15) is 10.1 Å². The van der Waals surface area contributed by atoms with Crippen LogP contribution in [0.25, 0.3) is 11.4 Å². The highest BCUT2D eigenvalue weighted by molar-refractivity contribution is 5.73. The van der Waals surface area contributed by atoms with Crippen molar-refractivity contribution >= 4 is 11.7 Å².